The van der Waals surface area contributed by atoms with Crippen LogP contribution in [-0.2, 0) is 6.54 Å². The van der Waals surface area contributed by atoms with Crippen LogP contribution in [0.5, 0.6) is 5.75 Å². The summed E-state index contributed by atoms with van der Waals surface area (Å²) < 4.78 is 0. The summed E-state index contributed by atoms with van der Waals surface area (Å²) in [7, 11) is 0. The fourth-order valence-electron chi connectivity index (χ4n) is 2.09. The number of nitrogens with zero attached hydrogens (tertiary/aromatic N) is 1. The summed E-state index contributed by atoms with van der Waals surface area (Å²) in [6.07, 6.45) is 1.78. The van der Waals surface area contributed by atoms with E-state index < -0.39 is 0 Å². The van der Waals surface area contributed by atoms with Crippen molar-refractivity contribution in [3.8, 4) is 5.75 Å². The zero-order chi connectivity index (χ0) is 10.7. The van der Waals surface area contributed by atoms with Crippen molar-refractivity contribution in [2.45, 2.75) is 25.5 Å². The molecule has 1 heterocycles. The molecule has 1 aromatic rings. The van der Waals surface area contributed by atoms with Crippen LogP contribution in [0.2, 0.25) is 0 Å². The lowest BCUT2D eigenvalue weighted by atomic mass is 10.1. The Bertz CT molecular complexity index is 333. The zero-order valence-electron chi connectivity index (χ0n) is 9.17. The molecule has 2 rings (SSSR count). The molecule has 1 aliphatic rings. The lowest BCUT2D eigenvalue weighted by Crippen LogP contribution is -2.37. The van der Waals surface area contributed by atoms with Gasteiger partial charge in [-0.25, -0.2) is 0 Å². The van der Waals surface area contributed by atoms with Crippen molar-refractivity contribution >= 4 is 12.4 Å². The summed E-state index contributed by atoms with van der Waals surface area (Å²) in [5.74, 6) is 0.310. The van der Waals surface area contributed by atoms with Crippen LogP contribution in [0.25, 0.3) is 0 Å². The highest BCUT2D eigenvalue weighted by Crippen LogP contribution is 2.16. The van der Waals surface area contributed by atoms with Gasteiger partial charge in [-0.15, -0.1) is 12.4 Å². The van der Waals surface area contributed by atoms with Gasteiger partial charge in [-0.3, -0.25) is 4.90 Å². The SMILES string of the molecule is Cl.Oc1cccc(CN2CCCC(O)C2)c1. The van der Waals surface area contributed by atoms with Gasteiger partial charge in [0.1, 0.15) is 5.75 Å². The smallest absolute Gasteiger partial charge is 0.115 e. The number of likely N-dealkylation sites (tertiary alicyclic amines) is 1. The number of benzene rings is 1. The predicted molar refractivity (Wildman–Crippen MR) is 65.9 cm³/mol. The Morgan fingerprint density at radius 3 is 2.88 bits per heavy atom. The molecule has 0 aliphatic carbocycles. The molecule has 0 radical (unpaired) electrons. The Balaban J connectivity index is 0.00000128. The molecule has 2 N–H and O–H groups in total. The van der Waals surface area contributed by atoms with E-state index in [-0.39, 0.29) is 18.5 Å². The molecule has 1 atom stereocenters. The maximum Gasteiger partial charge on any atom is 0.115 e. The van der Waals surface area contributed by atoms with Crippen LogP contribution in [0.1, 0.15) is 18.4 Å². The van der Waals surface area contributed by atoms with Crippen molar-refractivity contribution in [1.29, 1.82) is 0 Å². The van der Waals surface area contributed by atoms with Crippen molar-refractivity contribution in [1.82, 2.24) is 4.90 Å². The van der Waals surface area contributed by atoms with Gasteiger partial charge < -0.3 is 10.2 Å². The highest BCUT2D eigenvalue weighted by molar-refractivity contribution is 5.85. The summed E-state index contributed by atoms with van der Waals surface area (Å²) in [5, 5.41) is 18.8. The number of β-amino-alcohol motifs (C(OH)–C–C–N with tert-alkyl or cyclic N) is 1. The van der Waals surface area contributed by atoms with Crippen LogP contribution in [0, 0.1) is 0 Å². The number of aromatic hydroxyl groups is 1. The normalized spacial score (nSPS) is 21.4. The first kappa shape index (κ1) is 13.3. The number of hydrogen-bond acceptors (Lipinski definition) is 3. The second kappa shape index (κ2) is 6.09. The molecule has 4 heteroatoms. The Morgan fingerprint density at radius 2 is 2.19 bits per heavy atom. The molecule has 1 unspecified atom stereocenters. The standard InChI is InChI=1S/C12H17NO2.ClH/c14-11-4-1-3-10(7-11)8-13-6-2-5-12(15)9-13;/h1,3-4,7,12,14-15H,2,5-6,8-9H2;1H. The number of piperidine rings is 1. The van der Waals surface area contributed by atoms with Crippen LogP contribution in [-0.4, -0.2) is 34.3 Å². The maximum absolute atomic E-state index is 9.52. The molecule has 0 aromatic heterocycles. The third kappa shape index (κ3) is 3.67. The van der Waals surface area contributed by atoms with E-state index in [2.05, 4.69) is 4.90 Å². The van der Waals surface area contributed by atoms with Gasteiger partial charge in [-0.1, -0.05) is 12.1 Å². The molecular formula is C12H18ClNO2. The molecule has 1 fully saturated rings. The lowest BCUT2D eigenvalue weighted by Gasteiger charge is -2.29. The van der Waals surface area contributed by atoms with Gasteiger partial charge in [-0.05, 0) is 37.1 Å². The van der Waals surface area contributed by atoms with Crippen LogP contribution >= 0.6 is 12.4 Å². The summed E-state index contributed by atoms with van der Waals surface area (Å²) in [6, 6.07) is 7.31. The van der Waals surface area contributed by atoms with E-state index in [1.165, 1.54) is 0 Å². The minimum atomic E-state index is -0.184. The van der Waals surface area contributed by atoms with E-state index in [1.807, 2.05) is 12.1 Å². The third-order valence-corrected chi connectivity index (χ3v) is 2.80. The molecule has 16 heavy (non-hydrogen) atoms. The van der Waals surface area contributed by atoms with Crippen molar-refractivity contribution in [2.24, 2.45) is 0 Å². The van der Waals surface area contributed by atoms with E-state index in [4.69, 9.17) is 0 Å². The minimum Gasteiger partial charge on any atom is -0.508 e. The van der Waals surface area contributed by atoms with Crippen molar-refractivity contribution < 1.29 is 10.2 Å². The third-order valence-electron chi connectivity index (χ3n) is 2.80. The van der Waals surface area contributed by atoms with Gasteiger partial charge in [-0.2, -0.15) is 0 Å². The predicted octanol–water partition coefficient (Wildman–Crippen LogP) is 1.77. The second-order valence-electron chi connectivity index (χ2n) is 4.20. The maximum atomic E-state index is 9.52. The van der Waals surface area contributed by atoms with Gasteiger partial charge >= 0.3 is 0 Å². The van der Waals surface area contributed by atoms with Crippen molar-refractivity contribution in [3.63, 3.8) is 0 Å². The first-order valence-corrected chi connectivity index (χ1v) is 5.42. The van der Waals surface area contributed by atoms with Gasteiger partial charge in [0.25, 0.3) is 0 Å². The lowest BCUT2D eigenvalue weighted by molar-refractivity contribution is 0.0668. The quantitative estimate of drug-likeness (QED) is 0.832. The molecule has 0 bridgehead atoms. The number of aliphatic hydroxyl groups is 1. The first-order chi connectivity index (χ1) is 7.24. The molecule has 0 spiro atoms. The second-order valence-corrected chi connectivity index (χ2v) is 4.20. The largest absolute Gasteiger partial charge is 0.508 e. The van der Waals surface area contributed by atoms with Gasteiger partial charge in [0.2, 0.25) is 0 Å². The number of rotatable bonds is 2. The minimum absolute atomic E-state index is 0. The topological polar surface area (TPSA) is 43.7 Å². The highest BCUT2D eigenvalue weighted by Gasteiger charge is 2.17. The van der Waals surface area contributed by atoms with E-state index in [0.29, 0.717) is 5.75 Å². The molecule has 1 saturated heterocycles. The van der Waals surface area contributed by atoms with E-state index in [0.717, 1.165) is 38.0 Å². The van der Waals surface area contributed by atoms with E-state index >= 15 is 0 Å². The van der Waals surface area contributed by atoms with Crippen molar-refractivity contribution in [2.75, 3.05) is 13.1 Å². The zero-order valence-corrected chi connectivity index (χ0v) is 9.99. The summed E-state index contributed by atoms with van der Waals surface area (Å²) in [5.41, 5.74) is 1.10. The van der Waals surface area contributed by atoms with E-state index in [1.54, 1.807) is 12.1 Å². The molecule has 90 valence electrons. The summed E-state index contributed by atoms with van der Waals surface area (Å²) in [6.45, 7) is 2.59. The summed E-state index contributed by atoms with van der Waals surface area (Å²) >= 11 is 0. The Kier molecular flexibility index (Phi) is 5.06. The molecule has 0 amide bonds. The average Bonchev–Trinajstić information content (AvgIpc) is 2.17. The monoisotopic (exact) mass is 243 g/mol. The number of aliphatic hydroxyl groups excluding tert-OH is 1. The fraction of sp³-hybridized carbons (Fsp3) is 0.500. The highest BCUT2D eigenvalue weighted by atomic mass is 35.5. The Labute approximate surface area is 102 Å². The van der Waals surface area contributed by atoms with Crippen LogP contribution in [0.4, 0.5) is 0 Å². The Hall–Kier alpha value is -0.770. The summed E-state index contributed by atoms with van der Waals surface area (Å²) in [4.78, 5) is 2.23. The van der Waals surface area contributed by atoms with E-state index in [9.17, 15) is 10.2 Å². The fourth-order valence-corrected chi connectivity index (χ4v) is 2.09. The number of hydrogen-bond donors (Lipinski definition) is 2. The number of halogens is 1. The van der Waals surface area contributed by atoms with Crippen molar-refractivity contribution in [3.05, 3.63) is 29.8 Å². The average molecular weight is 244 g/mol. The van der Waals surface area contributed by atoms with Crippen LogP contribution in [0.15, 0.2) is 24.3 Å². The van der Waals surface area contributed by atoms with Crippen LogP contribution < -0.4 is 0 Å². The molecule has 3 nitrogen and oxygen atoms in total. The van der Waals surface area contributed by atoms with Gasteiger partial charge in [0.15, 0.2) is 0 Å². The molecule has 1 aliphatic heterocycles. The Morgan fingerprint density at radius 1 is 1.38 bits per heavy atom. The number of phenolic OH excluding ortho intramolecular Hbond substituents is 1. The molecule has 1 aromatic carbocycles. The van der Waals surface area contributed by atoms with Gasteiger partial charge in [0, 0.05) is 13.1 Å². The van der Waals surface area contributed by atoms with Crippen LogP contribution in [0.3, 0.4) is 0 Å². The number of phenols is 1. The molecule has 0 saturated carbocycles. The first-order valence-electron chi connectivity index (χ1n) is 5.42. The van der Waals surface area contributed by atoms with Gasteiger partial charge in [0.05, 0.1) is 6.10 Å². The molecular weight excluding hydrogens is 226 g/mol.